The van der Waals surface area contributed by atoms with Crippen molar-refractivity contribution in [3.05, 3.63) is 47.8 Å². The van der Waals surface area contributed by atoms with Crippen molar-refractivity contribution >= 4 is 0 Å². The van der Waals surface area contributed by atoms with Crippen LogP contribution in [0.1, 0.15) is 17.3 Å². The van der Waals surface area contributed by atoms with Crippen LogP contribution in [0.4, 0.5) is 0 Å². The molecule has 0 atom stereocenters. The van der Waals surface area contributed by atoms with E-state index in [-0.39, 0.29) is 0 Å². The number of nitriles is 1. The van der Waals surface area contributed by atoms with Crippen LogP contribution in [0.15, 0.2) is 39.4 Å². The molecule has 0 aliphatic rings. The molecule has 4 nitrogen and oxygen atoms in total. The smallest absolute Gasteiger partial charge is 0.203 e. The van der Waals surface area contributed by atoms with E-state index in [1.54, 1.807) is 18.4 Å². The molecule has 0 radical (unpaired) electrons. The summed E-state index contributed by atoms with van der Waals surface area (Å²) in [5, 5.41) is 11.8. The molecule has 16 heavy (non-hydrogen) atoms. The lowest BCUT2D eigenvalue weighted by atomic mass is 10.3. The van der Waals surface area contributed by atoms with Crippen molar-refractivity contribution in [1.82, 2.24) is 5.32 Å². The van der Waals surface area contributed by atoms with Crippen LogP contribution in [0.5, 0.6) is 0 Å². The van der Waals surface area contributed by atoms with Crippen LogP contribution in [-0.4, -0.2) is 6.54 Å². The molecule has 0 aliphatic carbocycles. The maximum atomic E-state index is 8.57. The highest BCUT2D eigenvalue weighted by molar-refractivity contribution is 5.18. The molecule has 0 aliphatic heterocycles. The Labute approximate surface area is 93.5 Å². The number of furan rings is 2. The van der Waals surface area contributed by atoms with Gasteiger partial charge in [0.25, 0.3) is 0 Å². The van der Waals surface area contributed by atoms with Crippen molar-refractivity contribution in [2.75, 3.05) is 6.54 Å². The van der Waals surface area contributed by atoms with Gasteiger partial charge < -0.3 is 14.2 Å². The van der Waals surface area contributed by atoms with E-state index in [9.17, 15) is 0 Å². The predicted octanol–water partition coefficient (Wildman–Crippen LogP) is 2.08. The van der Waals surface area contributed by atoms with Gasteiger partial charge in [0, 0.05) is 13.0 Å². The second-order valence-corrected chi connectivity index (χ2v) is 3.38. The summed E-state index contributed by atoms with van der Waals surface area (Å²) < 4.78 is 10.4. The molecule has 2 aromatic heterocycles. The number of nitrogens with zero attached hydrogens (tertiary/aromatic N) is 1. The largest absolute Gasteiger partial charge is 0.469 e. The Hall–Kier alpha value is -1.99. The zero-order chi connectivity index (χ0) is 11.2. The van der Waals surface area contributed by atoms with E-state index in [1.165, 1.54) is 0 Å². The molecule has 0 aromatic carbocycles. The normalized spacial score (nSPS) is 10.2. The maximum absolute atomic E-state index is 8.57. The molecule has 4 heteroatoms. The van der Waals surface area contributed by atoms with E-state index in [0.29, 0.717) is 12.3 Å². The first kappa shape index (κ1) is 10.5. The predicted molar refractivity (Wildman–Crippen MR) is 57.5 cm³/mol. The molecule has 0 amide bonds. The molecule has 2 aromatic rings. The van der Waals surface area contributed by atoms with Crippen LogP contribution in [0.3, 0.4) is 0 Å². The van der Waals surface area contributed by atoms with Gasteiger partial charge in [-0.3, -0.25) is 0 Å². The number of hydrogen-bond acceptors (Lipinski definition) is 4. The fraction of sp³-hybridized carbons (Fsp3) is 0.250. The SMILES string of the molecule is N#Cc1ccc(CNCCc2ccco2)o1. The monoisotopic (exact) mass is 216 g/mol. The highest BCUT2D eigenvalue weighted by Gasteiger charge is 2.00. The molecule has 82 valence electrons. The van der Waals surface area contributed by atoms with Crippen molar-refractivity contribution in [2.24, 2.45) is 0 Å². The average Bonchev–Trinajstić information content (AvgIpc) is 2.95. The summed E-state index contributed by atoms with van der Waals surface area (Å²) in [7, 11) is 0. The Morgan fingerprint density at radius 3 is 2.88 bits per heavy atom. The summed E-state index contributed by atoms with van der Waals surface area (Å²) in [6.07, 6.45) is 2.51. The summed E-state index contributed by atoms with van der Waals surface area (Å²) >= 11 is 0. The van der Waals surface area contributed by atoms with Gasteiger partial charge >= 0.3 is 0 Å². The van der Waals surface area contributed by atoms with Gasteiger partial charge in [-0.15, -0.1) is 0 Å². The van der Waals surface area contributed by atoms with Crippen molar-refractivity contribution in [3.63, 3.8) is 0 Å². The van der Waals surface area contributed by atoms with Crippen LogP contribution >= 0.6 is 0 Å². The quantitative estimate of drug-likeness (QED) is 0.777. The third-order valence-electron chi connectivity index (χ3n) is 2.20. The van der Waals surface area contributed by atoms with Gasteiger partial charge in [0.05, 0.1) is 12.8 Å². The summed E-state index contributed by atoms with van der Waals surface area (Å²) in [6.45, 7) is 1.44. The number of hydrogen-bond donors (Lipinski definition) is 1. The molecule has 0 spiro atoms. The number of nitrogens with one attached hydrogen (secondary N) is 1. The van der Waals surface area contributed by atoms with Gasteiger partial charge in [-0.05, 0) is 24.3 Å². The van der Waals surface area contributed by atoms with E-state index >= 15 is 0 Å². The highest BCUT2D eigenvalue weighted by atomic mass is 16.3. The molecule has 2 heterocycles. The molecular weight excluding hydrogens is 204 g/mol. The lowest BCUT2D eigenvalue weighted by molar-refractivity contribution is 0.463. The first-order chi connectivity index (χ1) is 7.88. The van der Waals surface area contributed by atoms with Gasteiger partial charge in [0.2, 0.25) is 5.76 Å². The van der Waals surface area contributed by atoms with E-state index in [4.69, 9.17) is 14.1 Å². The Bertz CT molecular complexity index is 465. The zero-order valence-electron chi connectivity index (χ0n) is 8.77. The zero-order valence-corrected chi connectivity index (χ0v) is 8.77. The fourth-order valence-corrected chi connectivity index (χ4v) is 1.41. The first-order valence-corrected chi connectivity index (χ1v) is 5.10. The van der Waals surface area contributed by atoms with E-state index in [0.717, 1.165) is 24.5 Å². The van der Waals surface area contributed by atoms with Crippen LogP contribution in [-0.2, 0) is 13.0 Å². The van der Waals surface area contributed by atoms with Crippen molar-refractivity contribution < 1.29 is 8.83 Å². The Balaban J connectivity index is 1.70. The highest BCUT2D eigenvalue weighted by Crippen LogP contribution is 2.06. The average molecular weight is 216 g/mol. The van der Waals surface area contributed by atoms with Crippen LogP contribution < -0.4 is 5.32 Å². The maximum Gasteiger partial charge on any atom is 0.203 e. The molecular formula is C12H12N2O2. The van der Waals surface area contributed by atoms with Crippen LogP contribution in [0.25, 0.3) is 0 Å². The molecule has 0 saturated carbocycles. The standard InChI is InChI=1S/C12H12N2O2/c13-8-11-3-4-12(16-11)9-14-6-5-10-2-1-7-15-10/h1-4,7,14H,5-6,9H2. The second-order valence-electron chi connectivity index (χ2n) is 3.38. The van der Waals surface area contributed by atoms with Gasteiger partial charge in [-0.1, -0.05) is 0 Å². The minimum Gasteiger partial charge on any atom is -0.469 e. The third-order valence-corrected chi connectivity index (χ3v) is 2.20. The van der Waals surface area contributed by atoms with E-state index in [1.807, 2.05) is 18.2 Å². The molecule has 0 bridgehead atoms. The summed E-state index contributed by atoms with van der Waals surface area (Å²) in [6, 6.07) is 9.25. The molecule has 2 rings (SSSR count). The minimum absolute atomic E-state index is 0.350. The van der Waals surface area contributed by atoms with E-state index < -0.39 is 0 Å². The van der Waals surface area contributed by atoms with Crippen LogP contribution in [0, 0.1) is 11.3 Å². The van der Waals surface area contributed by atoms with Gasteiger partial charge in [0.1, 0.15) is 17.6 Å². The third kappa shape index (κ3) is 2.75. The van der Waals surface area contributed by atoms with E-state index in [2.05, 4.69) is 5.32 Å². The van der Waals surface area contributed by atoms with Gasteiger partial charge in [-0.25, -0.2) is 0 Å². The van der Waals surface area contributed by atoms with Crippen molar-refractivity contribution in [1.29, 1.82) is 5.26 Å². The Morgan fingerprint density at radius 2 is 2.19 bits per heavy atom. The summed E-state index contributed by atoms with van der Waals surface area (Å²) in [4.78, 5) is 0. The molecule has 1 N–H and O–H groups in total. The lowest BCUT2D eigenvalue weighted by Gasteiger charge is -2.00. The van der Waals surface area contributed by atoms with Gasteiger partial charge in [0.15, 0.2) is 0 Å². The van der Waals surface area contributed by atoms with Crippen LogP contribution in [0.2, 0.25) is 0 Å². The topological polar surface area (TPSA) is 62.1 Å². The van der Waals surface area contributed by atoms with Gasteiger partial charge in [-0.2, -0.15) is 5.26 Å². The van der Waals surface area contributed by atoms with Crippen molar-refractivity contribution in [2.45, 2.75) is 13.0 Å². The molecule has 0 unspecified atom stereocenters. The van der Waals surface area contributed by atoms with Crippen molar-refractivity contribution in [3.8, 4) is 6.07 Å². The Morgan fingerprint density at radius 1 is 1.25 bits per heavy atom. The fourth-order valence-electron chi connectivity index (χ4n) is 1.41. The Kier molecular flexibility index (Phi) is 3.42. The lowest BCUT2D eigenvalue weighted by Crippen LogP contribution is -2.15. The minimum atomic E-state index is 0.350. The number of rotatable bonds is 5. The second kappa shape index (κ2) is 5.19. The summed E-state index contributed by atoms with van der Waals surface area (Å²) in [5.41, 5.74) is 0. The first-order valence-electron chi connectivity index (χ1n) is 5.10. The molecule has 0 fully saturated rings. The molecule has 0 saturated heterocycles. The summed E-state index contributed by atoms with van der Waals surface area (Å²) in [5.74, 6) is 2.09.